The van der Waals surface area contributed by atoms with Gasteiger partial charge in [0.15, 0.2) is 5.82 Å². The third kappa shape index (κ3) is 3.39. The van der Waals surface area contributed by atoms with E-state index in [0.29, 0.717) is 30.8 Å². The van der Waals surface area contributed by atoms with Crippen molar-refractivity contribution in [2.45, 2.75) is 45.7 Å². The Balaban J connectivity index is 1.46. The topological polar surface area (TPSA) is 90.7 Å². The van der Waals surface area contributed by atoms with Crippen molar-refractivity contribution in [3.8, 4) is 0 Å². The second-order valence-corrected chi connectivity index (χ2v) is 6.92. The van der Waals surface area contributed by atoms with E-state index in [1.807, 2.05) is 26.2 Å². The molecular weight excluding hydrogens is 332 g/mol. The van der Waals surface area contributed by atoms with Gasteiger partial charge in [0, 0.05) is 38.8 Å². The van der Waals surface area contributed by atoms with Gasteiger partial charge in [-0.3, -0.25) is 4.90 Å². The molecule has 4 heterocycles. The van der Waals surface area contributed by atoms with Crippen LogP contribution in [0.2, 0.25) is 0 Å². The van der Waals surface area contributed by atoms with Gasteiger partial charge in [0.1, 0.15) is 11.6 Å². The van der Waals surface area contributed by atoms with E-state index in [1.165, 1.54) is 0 Å². The number of imidazole rings is 1. The van der Waals surface area contributed by atoms with Gasteiger partial charge in [0.05, 0.1) is 13.1 Å². The van der Waals surface area contributed by atoms with Crippen molar-refractivity contribution < 1.29 is 4.42 Å². The number of rotatable bonds is 5. The molecule has 0 aromatic carbocycles. The molecule has 3 aromatic rings. The van der Waals surface area contributed by atoms with Crippen LogP contribution in [0.1, 0.15) is 48.0 Å². The number of aromatic nitrogens is 7. The van der Waals surface area contributed by atoms with E-state index in [-0.39, 0.29) is 0 Å². The first-order valence-corrected chi connectivity index (χ1v) is 8.97. The summed E-state index contributed by atoms with van der Waals surface area (Å²) in [7, 11) is 2.05. The fraction of sp³-hybridized carbons (Fsp3) is 0.588. The zero-order valence-corrected chi connectivity index (χ0v) is 15.5. The highest BCUT2D eigenvalue weighted by Gasteiger charge is 2.27. The summed E-state index contributed by atoms with van der Waals surface area (Å²) in [5.41, 5.74) is 0. The number of hydrogen-bond acceptors (Lipinski definition) is 7. The summed E-state index contributed by atoms with van der Waals surface area (Å²) in [6.07, 6.45) is 6.03. The molecule has 0 spiro atoms. The Morgan fingerprint density at radius 3 is 2.77 bits per heavy atom. The van der Waals surface area contributed by atoms with Gasteiger partial charge in [-0.25, -0.2) is 4.98 Å². The van der Waals surface area contributed by atoms with E-state index in [2.05, 4.69) is 46.5 Å². The van der Waals surface area contributed by atoms with Crippen LogP contribution in [-0.4, -0.2) is 52.5 Å². The average Bonchev–Trinajstić information content (AvgIpc) is 3.31. The maximum atomic E-state index is 5.52. The van der Waals surface area contributed by atoms with Crippen LogP contribution in [0.5, 0.6) is 0 Å². The summed E-state index contributed by atoms with van der Waals surface area (Å²) >= 11 is 0. The SMILES string of the molecule is Cc1nnc(CN2CCC[C@H](c3nnc(Cn4ccnc4C)n3C)C2)o1. The van der Waals surface area contributed by atoms with Crippen LogP contribution in [0, 0.1) is 13.8 Å². The lowest BCUT2D eigenvalue weighted by atomic mass is 9.97. The molecule has 0 amide bonds. The summed E-state index contributed by atoms with van der Waals surface area (Å²) < 4.78 is 9.73. The Hall–Kier alpha value is -2.55. The minimum absolute atomic E-state index is 0.364. The maximum absolute atomic E-state index is 5.52. The van der Waals surface area contributed by atoms with Crippen LogP contribution in [0.25, 0.3) is 0 Å². The molecule has 9 heteroatoms. The molecule has 3 aromatic heterocycles. The number of likely N-dealkylation sites (tertiary alicyclic amines) is 1. The van der Waals surface area contributed by atoms with Crippen LogP contribution in [-0.2, 0) is 20.1 Å². The van der Waals surface area contributed by atoms with E-state index >= 15 is 0 Å². The molecule has 1 atom stereocenters. The Labute approximate surface area is 152 Å². The number of hydrogen-bond donors (Lipinski definition) is 0. The van der Waals surface area contributed by atoms with Crippen molar-refractivity contribution in [3.05, 3.63) is 41.6 Å². The molecule has 0 bridgehead atoms. The van der Waals surface area contributed by atoms with Crippen LogP contribution in [0.3, 0.4) is 0 Å². The minimum atomic E-state index is 0.364. The van der Waals surface area contributed by atoms with Gasteiger partial charge < -0.3 is 13.6 Å². The van der Waals surface area contributed by atoms with Crippen LogP contribution in [0.15, 0.2) is 16.8 Å². The van der Waals surface area contributed by atoms with Crippen molar-refractivity contribution in [2.75, 3.05) is 13.1 Å². The van der Waals surface area contributed by atoms with Crippen molar-refractivity contribution in [1.82, 2.24) is 39.4 Å². The zero-order chi connectivity index (χ0) is 18.1. The number of aryl methyl sites for hydroxylation is 2. The Bertz CT molecular complexity index is 879. The summed E-state index contributed by atoms with van der Waals surface area (Å²) in [6, 6.07) is 0. The monoisotopic (exact) mass is 356 g/mol. The van der Waals surface area contributed by atoms with Crippen molar-refractivity contribution in [2.24, 2.45) is 7.05 Å². The molecule has 0 saturated carbocycles. The van der Waals surface area contributed by atoms with E-state index in [0.717, 1.165) is 43.4 Å². The molecule has 1 aliphatic heterocycles. The van der Waals surface area contributed by atoms with Gasteiger partial charge >= 0.3 is 0 Å². The first-order chi connectivity index (χ1) is 12.6. The van der Waals surface area contributed by atoms with E-state index < -0.39 is 0 Å². The Kier molecular flexibility index (Phi) is 4.54. The van der Waals surface area contributed by atoms with Gasteiger partial charge in [-0.2, -0.15) is 0 Å². The van der Waals surface area contributed by atoms with Gasteiger partial charge in [0.2, 0.25) is 11.8 Å². The number of nitrogens with zero attached hydrogens (tertiary/aromatic N) is 8. The highest BCUT2D eigenvalue weighted by Crippen LogP contribution is 2.26. The molecule has 9 nitrogen and oxygen atoms in total. The van der Waals surface area contributed by atoms with Gasteiger partial charge in [0.25, 0.3) is 0 Å². The quantitative estimate of drug-likeness (QED) is 0.683. The van der Waals surface area contributed by atoms with Gasteiger partial charge in [-0.15, -0.1) is 20.4 Å². The smallest absolute Gasteiger partial charge is 0.230 e. The molecule has 4 rings (SSSR count). The highest BCUT2D eigenvalue weighted by molar-refractivity contribution is 5.05. The standard InChI is InChI=1S/C17H24N8O/c1-12-18-6-8-25(12)10-15-20-22-17(23(15)3)14-5-4-7-24(9-14)11-16-21-19-13(2)26-16/h6,8,14H,4-5,7,9-11H2,1-3H3/t14-/m0/s1. The first-order valence-electron chi connectivity index (χ1n) is 8.97. The zero-order valence-electron chi connectivity index (χ0n) is 15.5. The molecule has 26 heavy (non-hydrogen) atoms. The lowest BCUT2D eigenvalue weighted by Gasteiger charge is -2.31. The van der Waals surface area contributed by atoms with Gasteiger partial charge in [-0.1, -0.05) is 0 Å². The third-order valence-electron chi connectivity index (χ3n) is 5.03. The van der Waals surface area contributed by atoms with Crippen LogP contribution < -0.4 is 0 Å². The molecule has 0 radical (unpaired) electrons. The molecule has 1 aliphatic rings. The lowest BCUT2D eigenvalue weighted by molar-refractivity contribution is 0.178. The average molecular weight is 356 g/mol. The molecule has 1 fully saturated rings. The highest BCUT2D eigenvalue weighted by atomic mass is 16.4. The molecule has 0 N–H and O–H groups in total. The van der Waals surface area contributed by atoms with Crippen molar-refractivity contribution in [1.29, 1.82) is 0 Å². The predicted molar refractivity (Wildman–Crippen MR) is 93.4 cm³/mol. The summed E-state index contributed by atoms with van der Waals surface area (Å²) in [6.45, 7) is 7.16. The Morgan fingerprint density at radius 2 is 2.04 bits per heavy atom. The van der Waals surface area contributed by atoms with Crippen molar-refractivity contribution >= 4 is 0 Å². The maximum Gasteiger partial charge on any atom is 0.230 e. The second kappa shape index (κ2) is 6.99. The minimum Gasteiger partial charge on any atom is -0.424 e. The van der Waals surface area contributed by atoms with Crippen molar-refractivity contribution in [3.63, 3.8) is 0 Å². The molecule has 0 unspecified atom stereocenters. The summed E-state index contributed by atoms with van der Waals surface area (Å²) in [5, 5.41) is 16.9. The van der Waals surface area contributed by atoms with E-state index in [9.17, 15) is 0 Å². The Morgan fingerprint density at radius 1 is 1.15 bits per heavy atom. The second-order valence-electron chi connectivity index (χ2n) is 6.92. The molecule has 1 saturated heterocycles. The fourth-order valence-electron chi connectivity index (χ4n) is 3.59. The number of piperidine rings is 1. The predicted octanol–water partition coefficient (Wildman–Crippen LogP) is 1.44. The van der Waals surface area contributed by atoms with E-state index in [1.54, 1.807) is 0 Å². The molecular formula is C17H24N8O. The first kappa shape index (κ1) is 16.9. The molecule has 138 valence electrons. The van der Waals surface area contributed by atoms with E-state index in [4.69, 9.17) is 4.42 Å². The van der Waals surface area contributed by atoms with Gasteiger partial charge in [-0.05, 0) is 26.3 Å². The normalized spacial score (nSPS) is 18.5. The largest absolute Gasteiger partial charge is 0.424 e. The summed E-state index contributed by atoms with van der Waals surface area (Å²) in [4.78, 5) is 6.63. The van der Waals surface area contributed by atoms with Crippen LogP contribution in [0.4, 0.5) is 0 Å². The fourth-order valence-corrected chi connectivity index (χ4v) is 3.59. The third-order valence-corrected chi connectivity index (χ3v) is 5.03. The van der Waals surface area contributed by atoms with Crippen LogP contribution >= 0.6 is 0 Å². The molecule has 0 aliphatic carbocycles. The summed E-state index contributed by atoms with van der Waals surface area (Å²) in [5.74, 6) is 4.63. The lowest BCUT2D eigenvalue weighted by Crippen LogP contribution is -2.35.